The van der Waals surface area contributed by atoms with Crippen LogP contribution in [0, 0.1) is 0 Å². The van der Waals surface area contributed by atoms with Gasteiger partial charge in [-0.1, -0.05) is 0 Å². The molecule has 0 saturated carbocycles. The maximum absolute atomic E-state index is 11.9. The first-order chi connectivity index (χ1) is 12.0. The molecule has 0 aromatic heterocycles. The van der Waals surface area contributed by atoms with Crippen LogP contribution >= 0.6 is 0 Å². The zero-order chi connectivity index (χ0) is 18.1. The fourth-order valence-corrected chi connectivity index (χ4v) is 3.39. The van der Waals surface area contributed by atoms with Crippen molar-refractivity contribution in [3.63, 3.8) is 0 Å². The quantitative estimate of drug-likeness (QED) is 0.905. The molecule has 0 amide bonds. The maximum atomic E-state index is 11.9. The molecular formula is C19H22O6. The molecule has 0 spiro atoms. The molecule has 1 aliphatic carbocycles. The lowest BCUT2D eigenvalue weighted by Gasteiger charge is -2.22. The number of carbonyl (C=O) groups is 1. The summed E-state index contributed by atoms with van der Waals surface area (Å²) in [6.07, 6.45) is 2.01. The van der Waals surface area contributed by atoms with Crippen molar-refractivity contribution in [1.29, 1.82) is 0 Å². The highest BCUT2D eigenvalue weighted by Crippen LogP contribution is 2.50. The van der Waals surface area contributed by atoms with E-state index in [1.54, 1.807) is 21.3 Å². The van der Waals surface area contributed by atoms with Gasteiger partial charge >= 0.3 is 0 Å². The van der Waals surface area contributed by atoms with Gasteiger partial charge in [-0.25, -0.2) is 0 Å². The molecule has 1 heterocycles. The van der Waals surface area contributed by atoms with E-state index in [1.165, 1.54) is 6.08 Å². The van der Waals surface area contributed by atoms with Crippen LogP contribution in [0.5, 0.6) is 17.2 Å². The summed E-state index contributed by atoms with van der Waals surface area (Å²) in [5.41, 5.74) is 3.45. The summed E-state index contributed by atoms with van der Waals surface area (Å²) >= 11 is 0. The molecular weight excluding hydrogens is 324 g/mol. The summed E-state index contributed by atoms with van der Waals surface area (Å²) in [4.78, 5) is 11.9. The van der Waals surface area contributed by atoms with Gasteiger partial charge < -0.3 is 24.1 Å². The third-order valence-corrected chi connectivity index (χ3v) is 4.68. The molecule has 2 aliphatic rings. The Morgan fingerprint density at radius 3 is 2.48 bits per heavy atom. The van der Waals surface area contributed by atoms with E-state index < -0.39 is 0 Å². The molecule has 1 N–H and O–H groups in total. The average Bonchev–Trinajstić information content (AvgIpc) is 2.84. The van der Waals surface area contributed by atoms with E-state index in [2.05, 4.69) is 0 Å². The number of hydrogen-bond donors (Lipinski definition) is 1. The molecule has 1 aromatic rings. The summed E-state index contributed by atoms with van der Waals surface area (Å²) in [6.45, 7) is 2.25. The summed E-state index contributed by atoms with van der Waals surface area (Å²) in [5, 5.41) is 9.96. The van der Waals surface area contributed by atoms with Gasteiger partial charge in [0, 0.05) is 12.0 Å². The van der Waals surface area contributed by atoms with Crippen molar-refractivity contribution in [2.45, 2.75) is 25.9 Å². The standard InChI is InChI=1S/C19H22O6/c1-10-13-8-16(22-2)18(23-3)19(24-4)17(13)12-5-6-14(20)15(21)7-11(12)9-25-10/h7-8,10,21H,5-6,9H2,1-4H3/t10-/m1/s1. The number of benzene rings is 1. The van der Waals surface area contributed by atoms with Gasteiger partial charge in [-0.2, -0.15) is 0 Å². The number of Topliss-reactive ketones (excluding diaryl/α,β-unsaturated/α-hetero) is 1. The van der Waals surface area contributed by atoms with Crippen molar-refractivity contribution in [2.75, 3.05) is 27.9 Å². The van der Waals surface area contributed by atoms with E-state index in [4.69, 9.17) is 18.9 Å². The lowest BCUT2D eigenvalue weighted by atomic mass is 9.90. The van der Waals surface area contributed by atoms with Crippen LogP contribution < -0.4 is 14.2 Å². The monoisotopic (exact) mass is 346 g/mol. The molecule has 1 aromatic carbocycles. The van der Waals surface area contributed by atoms with Crippen molar-refractivity contribution in [1.82, 2.24) is 0 Å². The first-order valence-corrected chi connectivity index (χ1v) is 8.12. The summed E-state index contributed by atoms with van der Waals surface area (Å²) in [7, 11) is 4.70. The van der Waals surface area contributed by atoms with Crippen LogP contribution in [-0.4, -0.2) is 38.8 Å². The molecule has 134 valence electrons. The van der Waals surface area contributed by atoms with E-state index in [0.717, 1.165) is 22.3 Å². The van der Waals surface area contributed by atoms with Gasteiger partial charge in [0.15, 0.2) is 23.0 Å². The highest BCUT2D eigenvalue weighted by molar-refractivity contribution is 5.97. The predicted octanol–water partition coefficient (Wildman–Crippen LogP) is 3.36. The maximum Gasteiger partial charge on any atom is 0.203 e. The number of aliphatic hydroxyl groups is 1. The zero-order valence-electron chi connectivity index (χ0n) is 14.8. The van der Waals surface area contributed by atoms with E-state index in [0.29, 0.717) is 30.3 Å². The molecule has 0 unspecified atom stereocenters. The molecule has 1 atom stereocenters. The fourth-order valence-electron chi connectivity index (χ4n) is 3.39. The Hall–Kier alpha value is -2.47. The number of methoxy groups -OCH3 is 3. The number of allylic oxidation sites excluding steroid dienone is 2. The second-order valence-corrected chi connectivity index (χ2v) is 6.02. The predicted molar refractivity (Wildman–Crippen MR) is 92.3 cm³/mol. The minimum atomic E-state index is -0.276. The molecule has 0 fully saturated rings. The third kappa shape index (κ3) is 2.87. The highest BCUT2D eigenvalue weighted by Gasteiger charge is 2.31. The van der Waals surface area contributed by atoms with Gasteiger partial charge in [-0.15, -0.1) is 0 Å². The van der Waals surface area contributed by atoms with Gasteiger partial charge in [0.25, 0.3) is 0 Å². The normalized spacial score (nSPS) is 20.1. The summed E-state index contributed by atoms with van der Waals surface area (Å²) in [5.74, 6) is 1.09. The zero-order valence-corrected chi connectivity index (χ0v) is 14.8. The van der Waals surface area contributed by atoms with Crippen molar-refractivity contribution >= 4 is 11.4 Å². The van der Waals surface area contributed by atoms with E-state index in [9.17, 15) is 9.90 Å². The number of carbonyl (C=O) groups excluding carboxylic acids is 1. The fraction of sp³-hybridized carbons (Fsp3) is 0.421. The SMILES string of the molecule is COc1cc2c(c(OC)c1OC)C1=C(C=C(O)C(=O)CC1)CO[C@@H]2C. The molecule has 0 saturated heterocycles. The van der Waals surface area contributed by atoms with Crippen molar-refractivity contribution in [3.05, 3.63) is 34.6 Å². The average molecular weight is 346 g/mol. The topological polar surface area (TPSA) is 74.2 Å². The Morgan fingerprint density at radius 1 is 1.12 bits per heavy atom. The number of ketones is 1. The Labute approximate surface area is 146 Å². The van der Waals surface area contributed by atoms with Gasteiger partial charge in [0.1, 0.15) is 0 Å². The minimum Gasteiger partial charge on any atom is -0.504 e. The smallest absolute Gasteiger partial charge is 0.203 e. The van der Waals surface area contributed by atoms with Crippen molar-refractivity contribution in [2.24, 2.45) is 0 Å². The van der Waals surface area contributed by atoms with Crippen LogP contribution in [0.1, 0.15) is 37.0 Å². The number of ether oxygens (including phenoxy) is 4. The molecule has 1 aliphatic heterocycles. The summed E-state index contributed by atoms with van der Waals surface area (Å²) < 4.78 is 22.5. The Bertz CT molecular complexity index is 775. The number of fused-ring (bicyclic) bond motifs is 2. The van der Waals surface area contributed by atoms with E-state index in [-0.39, 0.29) is 24.1 Å². The molecule has 0 radical (unpaired) electrons. The van der Waals surface area contributed by atoms with Crippen LogP contribution in [0.3, 0.4) is 0 Å². The minimum absolute atomic E-state index is 0.207. The molecule has 6 nitrogen and oxygen atoms in total. The second kappa shape index (κ2) is 6.80. The van der Waals surface area contributed by atoms with Crippen LogP contribution in [0.25, 0.3) is 5.57 Å². The largest absolute Gasteiger partial charge is 0.504 e. The van der Waals surface area contributed by atoms with E-state index >= 15 is 0 Å². The van der Waals surface area contributed by atoms with Gasteiger partial charge in [0.2, 0.25) is 5.75 Å². The highest BCUT2D eigenvalue weighted by atomic mass is 16.5. The molecule has 3 rings (SSSR count). The Balaban J connectivity index is 2.33. The third-order valence-electron chi connectivity index (χ3n) is 4.68. The van der Waals surface area contributed by atoms with Crippen LogP contribution in [-0.2, 0) is 9.53 Å². The molecule has 25 heavy (non-hydrogen) atoms. The van der Waals surface area contributed by atoms with Crippen LogP contribution in [0.15, 0.2) is 23.5 Å². The van der Waals surface area contributed by atoms with Gasteiger partial charge in [-0.05, 0) is 42.2 Å². The Morgan fingerprint density at radius 2 is 1.84 bits per heavy atom. The first-order valence-electron chi connectivity index (χ1n) is 8.12. The van der Waals surface area contributed by atoms with Gasteiger partial charge in [-0.3, -0.25) is 4.79 Å². The van der Waals surface area contributed by atoms with Crippen LogP contribution in [0.4, 0.5) is 0 Å². The molecule has 0 bridgehead atoms. The lowest BCUT2D eigenvalue weighted by Crippen LogP contribution is -2.06. The lowest BCUT2D eigenvalue weighted by molar-refractivity contribution is -0.117. The number of hydrogen-bond acceptors (Lipinski definition) is 6. The van der Waals surface area contributed by atoms with Crippen molar-refractivity contribution < 1.29 is 28.8 Å². The van der Waals surface area contributed by atoms with Crippen molar-refractivity contribution in [3.8, 4) is 17.2 Å². The first kappa shape index (κ1) is 17.4. The van der Waals surface area contributed by atoms with Gasteiger partial charge in [0.05, 0.1) is 34.0 Å². The molecule has 6 heteroatoms. The number of aliphatic hydroxyl groups excluding tert-OH is 1. The second-order valence-electron chi connectivity index (χ2n) is 6.02. The Kier molecular flexibility index (Phi) is 4.72. The number of rotatable bonds is 3. The summed E-state index contributed by atoms with van der Waals surface area (Å²) in [6, 6.07) is 1.88. The van der Waals surface area contributed by atoms with E-state index in [1.807, 2.05) is 13.0 Å². The van der Waals surface area contributed by atoms with Crippen LogP contribution in [0.2, 0.25) is 0 Å².